The lowest BCUT2D eigenvalue weighted by Gasteiger charge is -2.21. The van der Waals surface area contributed by atoms with Gasteiger partial charge in [-0.3, -0.25) is 4.79 Å². The number of aromatic nitrogens is 1. The molecule has 5 rings (SSSR count). The predicted molar refractivity (Wildman–Crippen MR) is 135 cm³/mol. The number of para-hydroxylation sites is 1. The van der Waals surface area contributed by atoms with Crippen LogP contribution in [0.2, 0.25) is 0 Å². The monoisotopic (exact) mass is 473 g/mol. The maximum atomic E-state index is 13.3. The summed E-state index contributed by atoms with van der Waals surface area (Å²) in [7, 11) is -3.75. The van der Waals surface area contributed by atoms with Gasteiger partial charge < -0.3 is 9.88 Å². The van der Waals surface area contributed by atoms with Crippen molar-refractivity contribution in [2.75, 3.05) is 11.4 Å². The summed E-state index contributed by atoms with van der Waals surface area (Å²) in [5.41, 5.74) is 4.77. The Morgan fingerprint density at radius 2 is 1.82 bits per heavy atom. The number of nitrogens with one attached hydrogen (secondary N) is 2. The van der Waals surface area contributed by atoms with E-state index in [1.165, 1.54) is 6.92 Å². The highest BCUT2D eigenvalue weighted by atomic mass is 32.2. The lowest BCUT2D eigenvalue weighted by atomic mass is 9.91. The van der Waals surface area contributed by atoms with Gasteiger partial charge in [0.1, 0.15) is 0 Å². The van der Waals surface area contributed by atoms with Crippen molar-refractivity contribution in [2.24, 2.45) is 0 Å². The molecule has 174 valence electrons. The lowest BCUT2D eigenvalue weighted by molar-refractivity contribution is -0.116. The first-order valence-electron chi connectivity index (χ1n) is 11.4. The van der Waals surface area contributed by atoms with Gasteiger partial charge >= 0.3 is 0 Å². The molecule has 3 aromatic carbocycles. The summed E-state index contributed by atoms with van der Waals surface area (Å²) in [6, 6.07) is 23.0. The SMILES string of the molecule is CC(=O)N1c2ccc(S(=O)(=O)NCC(c3ccccc3)c3c[nH]c4ccccc34)cc2CC1C. The number of aromatic amines is 1. The second-order valence-electron chi connectivity index (χ2n) is 8.84. The zero-order valence-electron chi connectivity index (χ0n) is 19.2. The van der Waals surface area contributed by atoms with Crippen molar-refractivity contribution >= 4 is 32.5 Å². The second-order valence-corrected chi connectivity index (χ2v) is 10.6. The Bertz CT molecular complexity index is 1460. The standard InChI is InChI=1S/C27H27N3O3S/c1-18-14-21-15-22(12-13-27(21)30(18)19(2)31)34(32,33)29-17-24(20-8-4-3-5-9-20)25-16-28-26-11-7-6-10-23(25)26/h3-13,15-16,18,24,28-29H,14,17H2,1-2H3. The van der Waals surface area contributed by atoms with E-state index in [0.717, 1.165) is 33.3 Å². The zero-order valence-corrected chi connectivity index (χ0v) is 20.0. The average molecular weight is 474 g/mol. The fourth-order valence-electron chi connectivity index (χ4n) is 5.01. The molecule has 34 heavy (non-hydrogen) atoms. The van der Waals surface area contributed by atoms with E-state index in [2.05, 4.69) is 9.71 Å². The molecule has 0 bridgehead atoms. The third kappa shape index (κ3) is 4.02. The molecule has 0 saturated carbocycles. The first-order chi connectivity index (χ1) is 16.3. The van der Waals surface area contributed by atoms with Crippen LogP contribution in [0.1, 0.15) is 36.5 Å². The van der Waals surface area contributed by atoms with Gasteiger partial charge in [-0.25, -0.2) is 13.1 Å². The van der Waals surface area contributed by atoms with Crippen LogP contribution in [-0.4, -0.2) is 31.9 Å². The molecule has 1 amide bonds. The minimum absolute atomic E-state index is 0.0164. The molecule has 0 spiro atoms. The van der Waals surface area contributed by atoms with Crippen molar-refractivity contribution in [3.63, 3.8) is 0 Å². The van der Waals surface area contributed by atoms with Crippen LogP contribution in [0.4, 0.5) is 5.69 Å². The molecule has 1 aromatic heterocycles. The molecule has 2 unspecified atom stereocenters. The number of anilines is 1. The number of carbonyl (C=O) groups is 1. The highest BCUT2D eigenvalue weighted by Gasteiger charge is 2.30. The normalized spacial score (nSPS) is 16.5. The molecule has 2 N–H and O–H groups in total. The molecule has 1 aliphatic rings. The number of hydrogen-bond donors (Lipinski definition) is 2. The van der Waals surface area contributed by atoms with Crippen molar-refractivity contribution < 1.29 is 13.2 Å². The molecule has 0 fully saturated rings. The zero-order chi connectivity index (χ0) is 23.9. The van der Waals surface area contributed by atoms with E-state index in [1.807, 2.05) is 67.7 Å². The largest absolute Gasteiger partial charge is 0.361 e. The number of hydrogen-bond acceptors (Lipinski definition) is 3. The van der Waals surface area contributed by atoms with E-state index in [9.17, 15) is 13.2 Å². The van der Waals surface area contributed by atoms with E-state index in [4.69, 9.17) is 0 Å². The minimum atomic E-state index is -3.75. The van der Waals surface area contributed by atoms with E-state index in [-0.39, 0.29) is 29.3 Å². The molecule has 7 heteroatoms. The van der Waals surface area contributed by atoms with Crippen LogP contribution in [0, 0.1) is 0 Å². The Labute approximate surface area is 199 Å². The topological polar surface area (TPSA) is 82.3 Å². The Balaban J connectivity index is 1.45. The molecule has 1 aliphatic heterocycles. The number of rotatable bonds is 6. The summed E-state index contributed by atoms with van der Waals surface area (Å²) in [6.45, 7) is 3.73. The molecule has 0 aliphatic carbocycles. The predicted octanol–water partition coefficient (Wildman–Crippen LogP) is 4.58. The number of benzene rings is 3. The van der Waals surface area contributed by atoms with Crippen LogP contribution in [0.25, 0.3) is 10.9 Å². The van der Waals surface area contributed by atoms with Gasteiger partial charge in [-0.15, -0.1) is 0 Å². The minimum Gasteiger partial charge on any atom is -0.361 e. The van der Waals surface area contributed by atoms with E-state index in [1.54, 1.807) is 23.1 Å². The van der Waals surface area contributed by atoms with E-state index in [0.29, 0.717) is 6.42 Å². The van der Waals surface area contributed by atoms with Crippen LogP contribution < -0.4 is 9.62 Å². The van der Waals surface area contributed by atoms with Crippen molar-refractivity contribution in [2.45, 2.75) is 37.1 Å². The van der Waals surface area contributed by atoms with Crippen molar-refractivity contribution in [1.29, 1.82) is 0 Å². The van der Waals surface area contributed by atoms with Gasteiger partial charge in [0.25, 0.3) is 0 Å². The van der Waals surface area contributed by atoms with Crippen LogP contribution >= 0.6 is 0 Å². The second kappa shape index (κ2) is 8.74. The molecule has 0 radical (unpaired) electrons. The molecule has 2 heterocycles. The lowest BCUT2D eigenvalue weighted by Crippen LogP contribution is -2.33. The van der Waals surface area contributed by atoms with Crippen LogP contribution in [0.3, 0.4) is 0 Å². The Morgan fingerprint density at radius 1 is 1.09 bits per heavy atom. The van der Waals surface area contributed by atoms with E-state index >= 15 is 0 Å². The Hall–Kier alpha value is -3.42. The molecule has 6 nitrogen and oxygen atoms in total. The highest BCUT2D eigenvalue weighted by molar-refractivity contribution is 7.89. The van der Waals surface area contributed by atoms with Gasteiger partial charge in [0, 0.05) is 48.2 Å². The molecule has 0 saturated heterocycles. The van der Waals surface area contributed by atoms with Crippen LogP contribution in [-0.2, 0) is 21.2 Å². The molecular weight excluding hydrogens is 446 g/mol. The maximum Gasteiger partial charge on any atom is 0.240 e. The molecular formula is C27H27N3O3S. The number of nitrogens with zero attached hydrogens (tertiary/aromatic N) is 1. The third-order valence-electron chi connectivity index (χ3n) is 6.59. The molecule has 4 aromatic rings. The van der Waals surface area contributed by atoms with Gasteiger partial charge in [0.05, 0.1) is 4.90 Å². The van der Waals surface area contributed by atoms with Gasteiger partial charge in [0.2, 0.25) is 15.9 Å². The summed E-state index contributed by atoms with van der Waals surface area (Å²) in [4.78, 5) is 17.3. The quantitative estimate of drug-likeness (QED) is 0.430. The number of amides is 1. The Morgan fingerprint density at radius 3 is 2.59 bits per heavy atom. The van der Waals surface area contributed by atoms with Crippen LogP contribution in [0.15, 0.2) is 83.9 Å². The van der Waals surface area contributed by atoms with Gasteiger partial charge in [0.15, 0.2) is 0 Å². The van der Waals surface area contributed by atoms with Gasteiger partial charge in [-0.2, -0.15) is 0 Å². The number of fused-ring (bicyclic) bond motifs is 2. The smallest absolute Gasteiger partial charge is 0.240 e. The summed E-state index contributed by atoms with van der Waals surface area (Å²) < 4.78 is 29.4. The first-order valence-corrected chi connectivity index (χ1v) is 12.9. The van der Waals surface area contributed by atoms with Crippen LogP contribution in [0.5, 0.6) is 0 Å². The average Bonchev–Trinajstić information content (AvgIpc) is 3.40. The van der Waals surface area contributed by atoms with E-state index < -0.39 is 10.0 Å². The third-order valence-corrected chi connectivity index (χ3v) is 8.01. The maximum absolute atomic E-state index is 13.3. The fourth-order valence-corrected chi connectivity index (χ4v) is 6.10. The van der Waals surface area contributed by atoms with Crippen molar-refractivity contribution in [3.05, 3.63) is 95.7 Å². The number of sulfonamides is 1. The summed E-state index contributed by atoms with van der Waals surface area (Å²) in [6.07, 6.45) is 2.60. The fraction of sp³-hybridized carbons (Fsp3) is 0.222. The van der Waals surface area contributed by atoms with Gasteiger partial charge in [-0.05, 0) is 54.3 Å². The highest BCUT2D eigenvalue weighted by Crippen LogP contribution is 2.34. The van der Waals surface area contributed by atoms with Crippen molar-refractivity contribution in [1.82, 2.24) is 9.71 Å². The first kappa shape index (κ1) is 22.4. The Kier molecular flexibility index (Phi) is 5.75. The molecule has 2 atom stereocenters. The summed E-state index contributed by atoms with van der Waals surface area (Å²) >= 11 is 0. The van der Waals surface area contributed by atoms with Gasteiger partial charge in [-0.1, -0.05) is 48.5 Å². The van der Waals surface area contributed by atoms with Crippen molar-refractivity contribution in [3.8, 4) is 0 Å². The summed E-state index contributed by atoms with van der Waals surface area (Å²) in [5.74, 6) is -0.195. The summed E-state index contributed by atoms with van der Waals surface area (Å²) in [5, 5.41) is 1.08. The number of H-pyrrole nitrogens is 1. The number of carbonyl (C=O) groups excluding carboxylic acids is 1.